The predicted octanol–water partition coefficient (Wildman–Crippen LogP) is 3.68. The molecule has 18 heavy (non-hydrogen) atoms. The number of esters is 1. The first kappa shape index (κ1) is 14.3. The van der Waals surface area contributed by atoms with Crippen LogP contribution in [-0.4, -0.2) is 13.1 Å². The highest BCUT2D eigenvalue weighted by Gasteiger charge is 2.15. The lowest BCUT2D eigenvalue weighted by molar-refractivity contribution is -0.138. The molecule has 0 saturated carbocycles. The summed E-state index contributed by atoms with van der Waals surface area (Å²) in [5.41, 5.74) is 1.01. The summed E-state index contributed by atoms with van der Waals surface area (Å²) in [5.74, 6) is 0.706. The Bertz CT molecular complexity index is 435. The topological polar surface area (TPSA) is 35.5 Å². The van der Waals surface area contributed by atoms with Crippen LogP contribution in [0.4, 0.5) is 0 Å². The molecule has 1 unspecified atom stereocenters. The molecule has 1 atom stereocenters. The summed E-state index contributed by atoms with van der Waals surface area (Å²) in [6.07, 6.45) is 4.67. The lowest BCUT2D eigenvalue weighted by atomic mass is 10.1. The number of hydrogen-bond acceptors (Lipinski definition) is 3. The Morgan fingerprint density at radius 3 is 2.67 bits per heavy atom. The first-order chi connectivity index (χ1) is 8.62. The second kappa shape index (κ2) is 6.84. The molecule has 0 fully saturated rings. The fourth-order valence-corrected chi connectivity index (χ4v) is 1.44. The summed E-state index contributed by atoms with van der Waals surface area (Å²) in [5, 5.41) is 0. The highest BCUT2D eigenvalue weighted by Crippen LogP contribution is 2.29. The summed E-state index contributed by atoms with van der Waals surface area (Å²) < 4.78 is 10.6. The van der Waals surface area contributed by atoms with Crippen molar-refractivity contribution >= 4 is 12.0 Å². The van der Waals surface area contributed by atoms with Gasteiger partial charge in [-0.15, -0.1) is 0 Å². The van der Waals surface area contributed by atoms with E-state index in [0.29, 0.717) is 11.5 Å². The van der Waals surface area contributed by atoms with Crippen LogP contribution in [0.5, 0.6) is 11.5 Å². The van der Waals surface area contributed by atoms with Crippen molar-refractivity contribution in [1.29, 1.82) is 0 Å². The van der Waals surface area contributed by atoms with Crippen molar-refractivity contribution < 1.29 is 14.3 Å². The van der Waals surface area contributed by atoms with Gasteiger partial charge in [0.1, 0.15) is 0 Å². The highest BCUT2D eigenvalue weighted by molar-refractivity contribution is 5.75. The van der Waals surface area contributed by atoms with Gasteiger partial charge in [0.2, 0.25) is 0 Å². The van der Waals surface area contributed by atoms with Gasteiger partial charge in [-0.3, -0.25) is 4.79 Å². The first-order valence-electron chi connectivity index (χ1n) is 6.14. The molecule has 0 heterocycles. The lowest BCUT2D eigenvalue weighted by Crippen LogP contribution is -2.17. The van der Waals surface area contributed by atoms with E-state index in [2.05, 4.69) is 0 Å². The summed E-state index contributed by atoms with van der Waals surface area (Å²) in [6.45, 7) is 5.75. The van der Waals surface area contributed by atoms with Crippen LogP contribution < -0.4 is 9.47 Å². The molecular weight excluding hydrogens is 228 g/mol. The van der Waals surface area contributed by atoms with Gasteiger partial charge in [-0.2, -0.15) is 0 Å². The average molecular weight is 248 g/mol. The number of methoxy groups -OCH3 is 1. The molecule has 0 aliphatic carbocycles. The maximum absolute atomic E-state index is 11.7. The minimum absolute atomic E-state index is 0.107. The quantitative estimate of drug-likeness (QED) is 0.589. The van der Waals surface area contributed by atoms with Gasteiger partial charge in [0.15, 0.2) is 11.5 Å². The normalized spacial score (nSPS) is 12.4. The molecule has 0 radical (unpaired) electrons. The molecule has 0 amide bonds. The van der Waals surface area contributed by atoms with Gasteiger partial charge >= 0.3 is 5.97 Å². The Labute approximate surface area is 108 Å². The van der Waals surface area contributed by atoms with Crippen LogP contribution in [0.15, 0.2) is 24.3 Å². The van der Waals surface area contributed by atoms with Crippen molar-refractivity contribution in [2.45, 2.75) is 27.2 Å². The third kappa shape index (κ3) is 3.62. The van der Waals surface area contributed by atoms with Crippen molar-refractivity contribution in [2.75, 3.05) is 7.11 Å². The summed E-state index contributed by atoms with van der Waals surface area (Å²) >= 11 is 0. The van der Waals surface area contributed by atoms with Crippen LogP contribution in [-0.2, 0) is 4.79 Å². The summed E-state index contributed by atoms with van der Waals surface area (Å²) in [7, 11) is 1.56. The van der Waals surface area contributed by atoms with Crippen LogP contribution >= 0.6 is 0 Å². The van der Waals surface area contributed by atoms with Gasteiger partial charge in [0.05, 0.1) is 13.0 Å². The second-order valence-electron chi connectivity index (χ2n) is 4.14. The van der Waals surface area contributed by atoms with E-state index in [1.54, 1.807) is 13.2 Å². The second-order valence-corrected chi connectivity index (χ2v) is 4.14. The molecule has 98 valence electrons. The zero-order chi connectivity index (χ0) is 13.5. The van der Waals surface area contributed by atoms with Crippen LogP contribution in [0.3, 0.4) is 0 Å². The summed E-state index contributed by atoms with van der Waals surface area (Å²) in [6, 6.07) is 5.50. The number of carbonyl (C=O) groups excluding carboxylic acids is 1. The average Bonchev–Trinajstić information content (AvgIpc) is 2.39. The molecule has 1 rings (SSSR count). The monoisotopic (exact) mass is 248 g/mol. The molecule has 0 N–H and O–H groups in total. The third-order valence-electron chi connectivity index (χ3n) is 2.77. The number of rotatable bonds is 5. The van der Waals surface area contributed by atoms with Crippen LogP contribution in [0, 0.1) is 5.92 Å². The van der Waals surface area contributed by atoms with Crippen molar-refractivity contribution in [3.63, 3.8) is 0 Å². The SMILES string of the molecule is CC=Cc1ccc(OC(=O)C(C)CC)c(OC)c1. The molecule has 0 spiro atoms. The van der Waals surface area contributed by atoms with Gasteiger partial charge in [-0.25, -0.2) is 0 Å². The number of hydrogen-bond donors (Lipinski definition) is 0. The molecular formula is C15H20O3. The van der Waals surface area contributed by atoms with E-state index < -0.39 is 0 Å². The maximum atomic E-state index is 11.7. The van der Waals surface area contributed by atoms with Gasteiger partial charge in [-0.1, -0.05) is 32.1 Å². The van der Waals surface area contributed by atoms with Gasteiger partial charge in [-0.05, 0) is 31.0 Å². The van der Waals surface area contributed by atoms with E-state index >= 15 is 0 Å². The fourth-order valence-electron chi connectivity index (χ4n) is 1.44. The van der Waals surface area contributed by atoms with E-state index in [9.17, 15) is 4.79 Å². The zero-order valence-corrected chi connectivity index (χ0v) is 11.4. The lowest BCUT2D eigenvalue weighted by Gasteiger charge is -2.12. The van der Waals surface area contributed by atoms with Crippen LogP contribution in [0.25, 0.3) is 6.08 Å². The number of ether oxygens (including phenoxy) is 2. The van der Waals surface area contributed by atoms with Gasteiger partial charge in [0, 0.05) is 0 Å². The highest BCUT2D eigenvalue weighted by atomic mass is 16.6. The van der Waals surface area contributed by atoms with Crippen molar-refractivity contribution in [2.24, 2.45) is 5.92 Å². The first-order valence-corrected chi connectivity index (χ1v) is 6.14. The van der Waals surface area contributed by atoms with E-state index in [1.807, 2.05) is 45.1 Å². The molecule has 0 aromatic heterocycles. The molecule has 0 saturated heterocycles. The molecule has 3 heteroatoms. The Hall–Kier alpha value is -1.77. The van der Waals surface area contributed by atoms with E-state index in [1.165, 1.54) is 0 Å². The Morgan fingerprint density at radius 2 is 2.11 bits per heavy atom. The number of benzene rings is 1. The minimum Gasteiger partial charge on any atom is -0.493 e. The Morgan fingerprint density at radius 1 is 1.39 bits per heavy atom. The third-order valence-corrected chi connectivity index (χ3v) is 2.77. The fraction of sp³-hybridized carbons (Fsp3) is 0.400. The van der Waals surface area contributed by atoms with Crippen LogP contribution in [0.1, 0.15) is 32.8 Å². The molecule has 1 aromatic rings. The van der Waals surface area contributed by atoms with Crippen LogP contribution in [0.2, 0.25) is 0 Å². The van der Waals surface area contributed by atoms with Crippen molar-refractivity contribution in [1.82, 2.24) is 0 Å². The Kier molecular flexibility index (Phi) is 5.43. The molecule has 3 nitrogen and oxygen atoms in total. The zero-order valence-electron chi connectivity index (χ0n) is 11.4. The Balaban J connectivity index is 2.92. The largest absolute Gasteiger partial charge is 0.493 e. The predicted molar refractivity (Wildman–Crippen MR) is 72.8 cm³/mol. The molecule has 0 aliphatic rings. The van der Waals surface area contributed by atoms with Gasteiger partial charge in [0.25, 0.3) is 0 Å². The smallest absolute Gasteiger partial charge is 0.314 e. The molecule has 0 aliphatic heterocycles. The van der Waals surface area contributed by atoms with Crippen molar-refractivity contribution in [3.05, 3.63) is 29.8 Å². The van der Waals surface area contributed by atoms with E-state index in [4.69, 9.17) is 9.47 Å². The summed E-state index contributed by atoms with van der Waals surface area (Å²) in [4.78, 5) is 11.7. The van der Waals surface area contributed by atoms with Gasteiger partial charge < -0.3 is 9.47 Å². The standard InChI is InChI=1S/C15H20O3/c1-5-7-12-8-9-13(14(10-12)17-4)18-15(16)11(3)6-2/h5,7-11H,6H2,1-4H3. The number of carbonyl (C=O) groups is 1. The van der Waals surface area contributed by atoms with E-state index in [-0.39, 0.29) is 11.9 Å². The van der Waals surface area contributed by atoms with E-state index in [0.717, 1.165) is 12.0 Å². The maximum Gasteiger partial charge on any atom is 0.314 e. The molecule has 1 aromatic carbocycles. The minimum atomic E-state index is -0.227. The van der Waals surface area contributed by atoms with Crippen molar-refractivity contribution in [3.8, 4) is 11.5 Å². The molecule has 0 bridgehead atoms. The number of allylic oxidation sites excluding steroid dienone is 1.